The molecule has 0 aliphatic carbocycles. The summed E-state index contributed by atoms with van der Waals surface area (Å²) in [6, 6.07) is 4.32. The van der Waals surface area contributed by atoms with Crippen LogP contribution in [0.25, 0.3) is 0 Å². The van der Waals surface area contributed by atoms with Gasteiger partial charge in [-0.3, -0.25) is 4.79 Å². The van der Waals surface area contributed by atoms with Gasteiger partial charge >= 0.3 is 0 Å². The first-order valence-electron chi connectivity index (χ1n) is 7.02. The molecule has 0 fully saturated rings. The van der Waals surface area contributed by atoms with Gasteiger partial charge in [-0.1, -0.05) is 13.8 Å². The Labute approximate surface area is 119 Å². The number of hydrogen-bond donors (Lipinski definition) is 2. The first kappa shape index (κ1) is 16.4. The molecule has 2 N–H and O–H groups in total. The highest BCUT2D eigenvalue weighted by Gasteiger charge is 2.16. The fourth-order valence-electron chi connectivity index (χ4n) is 1.70. The summed E-state index contributed by atoms with van der Waals surface area (Å²) in [6.07, 6.45) is 0.271. The second kappa shape index (κ2) is 8.53. The van der Waals surface area contributed by atoms with Crippen molar-refractivity contribution in [1.82, 2.24) is 10.6 Å². The van der Waals surface area contributed by atoms with Crippen LogP contribution < -0.4 is 15.4 Å². The van der Waals surface area contributed by atoms with Crippen LogP contribution in [0.3, 0.4) is 0 Å². The second-order valence-corrected chi connectivity index (χ2v) is 4.58. The molecule has 0 spiro atoms. The maximum Gasteiger partial charge on any atom is 0.260 e. The van der Waals surface area contributed by atoms with Crippen molar-refractivity contribution in [3.63, 3.8) is 0 Å². The van der Waals surface area contributed by atoms with Crippen molar-refractivity contribution in [2.45, 2.75) is 39.8 Å². The molecular formula is C15H23FN2O2. The Morgan fingerprint density at radius 1 is 1.40 bits per heavy atom. The van der Waals surface area contributed by atoms with Crippen LogP contribution in [0.4, 0.5) is 4.39 Å². The Morgan fingerprint density at radius 3 is 2.80 bits per heavy atom. The molecule has 0 radical (unpaired) electrons. The van der Waals surface area contributed by atoms with E-state index in [1.165, 1.54) is 12.1 Å². The molecule has 0 bridgehead atoms. The van der Waals surface area contributed by atoms with Crippen molar-refractivity contribution in [3.8, 4) is 5.75 Å². The summed E-state index contributed by atoms with van der Waals surface area (Å²) in [5.41, 5.74) is 0.710. The summed E-state index contributed by atoms with van der Waals surface area (Å²) < 4.78 is 18.9. The van der Waals surface area contributed by atoms with Gasteiger partial charge in [-0.25, -0.2) is 4.39 Å². The van der Waals surface area contributed by atoms with E-state index >= 15 is 0 Å². The number of benzene rings is 1. The minimum atomic E-state index is -0.604. The van der Waals surface area contributed by atoms with E-state index in [0.29, 0.717) is 24.4 Å². The molecule has 0 saturated carbocycles. The zero-order chi connectivity index (χ0) is 15.0. The van der Waals surface area contributed by atoms with Gasteiger partial charge in [0.25, 0.3) is 5.91 Å². The molecule has 20 heavy (non-hydrogen) atoms. The number of ether oxygens (including phenoxy) is 1. The van der Waals surface area contributed by atoms with Crippen LogP contribution in [0.15, 0.2) is 18.2 Å². The van der Waals surface area contributed by atoms with Crippen LogP contribution in [0.2, 0.25) is 0 Å². The molecule has 1 amide bonds. The first-order chi connectivity index (χ1) is 9.58. The smallest absolute Gasteiger partial charge is 0.260 e. The van der Waals surface area contributed by atoms with Gasteiger partial charge in [0.05, 0.1) is 0 Å². The molecule has 0 saturated heterocycles. The van der Waals surface area contributed by atoms with Gasteiger partial charge in [0.15, 0.2) is 6.10 Å². The fourth-order valence-corrected chi connectivity index (χ4v) is 1.70. The van der Waals surface area contributed by atoms with Crippen molar-refractivity contribution in [2.75, 3.05) is 13.1 Å². The van der Waals surface area contributed by atoms with Crippen LogP contribution in [-0.4, -0.2) is 25.1 Å². The molecule has 1 rings (SSSR count). The third-order valence-corrected chi connectivity index (χ3v) is 2.81. The van der Waals surface area contributed by atoms with Gasteiger partial charge < -0.3 is 15.4 Å². The number of rotatable bonds is 8. The Balaban J connectivity index is 2.72. The Kier molecular flexibility index (Phi) is 7.01. The minimum absolute atomic E-state index is 0.162. The number of carbonyl (C=O) groups excluding carboxylic acids is 1. The molecule has 112 valence electrons. The van der Waals surface area contributed by atoms with Crippen molar-refractivity contribution in [3.05, 3.63) is 29.6 Å². The van der Waals surface area contributed by atoms with Crippen molar-refractivity contribution >= 4 is 5.91 Å². The molecule has 0 aliphatic rings. The van der Waals surface area contributed by atoms with Gasteiger partial charge in [0, 0.05) is 18.7 Å². The van der Waals surface area contributed by atoms with E-state index in [1.807, 2.05) is 13.8 Å². The topological polar surface area (TPSA) is 50.4 Å². The lowest BCUT2D eigenvalue weighted by Gasteiger charge is -2.17. The Hall–Kier alpha value is -1.62. The summed E-state index contributed by atoms with van der Waals surface area (Å²) in [6.45, 7) is 7.56. The first-order valence-corrected chi connectivity index (χ1v) is 7.02. The minimum Gasteiger partial charge on any atom is -0.481 e. The molecule has 1 atom stereocenters. The van der Waals surface area contributed by atoms with Gasteiger partial charge in [0.1, 0.15) is 11.6 Å². The van der Waals surface area contributed by atoms with E-state index in [4.69, 9.17) is 4.74 Å². The predicted octanol–water partition coefficient (Wildman–Crippen LogP) is 2.23. The van der Waals surface area contributed by atoms with Gasteiger partial charge in [0.2, 0.25) is 0 Å². The number of amides is 1. The molecule has 1 aromatic rings. The number of hydrogen-bond acceptors (Lipinski definition) is 3. The average molecular weight is 282 g/mol. The number of carbonyl (C=O) groups is 1. The summed E-state index contributed by atoms with van der Waals surface area (Å²) in [4.78, 5) is 11.8. The van der Waals surface area contributed by atoms with Crippen LogP contribution in [0.5, 0.6) is 5.75 Å². The van der Waals surface area contributed by atoms with Crippen LogP contribution in [-0.2, 0) is 11.3 Å². The van der Waals surface area contributed by atoms with E-state index in [-0.39, 0.29) is 11.7 Å². The van der Waals surface area contributed by atoms with Crippen LogP contribution >= 0.6 is 0 Å². The van der Waals surface area contributed by atoms with Crippen LogP contribution in [0.1, 0.15) is 32.8 Å². The quantitative estimate of drug-likeness (QED) is 0.769. The Bertz CT molecular complexity index is 438. The Morgan fingerprint density at radius 2 is 2.15 bits per heavy atom. The van der Waals surface area contributed by atoms with Gasteiger partial charge in [-0.05, 0) is 38.1 Å². The maximum absolute atomic E-state index is 13.3. The molecular weight excluding hydrogens is 259 g/mol. The SMILES string of the molecule is CCCNC(=O)C(C)Oc1ccc(F)cc1CNCC. The third-order valence-electron chi connectivity index (χ3n) is 2.81. The van der Waals surface area contributed by atoms with E-state index in [9.17, 15) is 9.18 Å². The van der Waals surface area contributed by atoms with E-state index in [2.05, 4.69) is 10.6 Å². The average Bonchev–Trinajstić information content (AvgIpc) is 2.44. The maximum atomic E-state index is 13.3. The number of nitrogens with one attached hydrogen (secondary N) is 2. The molecule has 0 heterocycles. The standard InChI is InChI=1S/C15H23FN2O2/c1-4-8-18-15(19)11(3)20-14-7-6-13(16)9-12(14)10-17-5-2/h6-7,9,11,17H,4-5,8,10H2,1-3H3,(H,18,19). The summed E-state index contributed by atoms with van der Waals surface area (Å²) in [7, 11) is 0. The second-order valence-electron chi connectivity index (χ2n) is 4.58. The molecule has 5 heteroatoms. The highest BCUT2D eigenvalue weighted by molar-refractivity contribution is 5.80. The normalized spacial score (nSPS) is 12.0. The lowest BCUT2D eigenvalue weighted by atomic mass is 10.2. The van der Waals surface area contributed by atoms with Crippen LogP contribution in [0, 0.1) is 5.82 Å². The molecule has 4 nitrogen and oxygen atoms in total. The summed E-state index contributed by atoms with van der Waals surface area (Å²) in [5, 5.41) is 5.89. The van der Waals surface area contributed by atoms with Crippen molar-refractivity contribution in [1.29, 1.82) is 0 Å². The van der Waals surface area contributed by atoms with E-state index in [1.54, 1.807) is 13.0 Å². The molecule has 1 aromatic carbocycles. The highest BCUT2D eigenvalue weighted by atomic mass is 19.1. The summed E-state index contributed by atoms with van der Waals surface area (Å²) in [5.74, 6) is 0.0606. The highest BCUT2D eigenvalue weighted by Crippen LogP contribution is 2.21. The van der Waals surface area contributed by atoms with Crippen molar-refractivity contribution in [2.24, 2.45) is 0 Å². The van der Waals surface area contributed by atoms with Crippen molar-refractivity contribution < 1.29 is 13.9 Å². The van der Waals surface area contributed by atoms with Gasteiger partial charge in [-0.15, -0.1) is 0 Å². The summed E-state index contributed by atoms with van der Waals surface area (Å²) >= 11 is 0. The number of halogens is 1. The van der Waals surface area contributed by atoms with Gasteiger partial charge in [-0.2, -0.15) is 0 Å². The zero-order valence-electron chi connectivity index (χ0n) is 12.3. The zero-order valence-corrected chi connectivity index (χ0v) is 12.3. The molecule has 0 aromatic heterocycles. The lowest BCUT2D eigenvalue weighted by Crippen LogP contribution is -2.36. The lowest BCUT2D eigenvalue weighted by molar-refractivity contribution is -0.127. The molecule has 1 unspecified atom stereocenters. The third kappa shape index (κ3) is 5.17. The largest absolute Gasteiger partial charge is 0.481 e. The predicted molar refractivity (Wildman–Crippen MR) is 77.2 cm³/mol. The van der Waals surface area contributed by atoms with E-state index in [0.717, 1.165) is 13.0 Å². The fraction of sp³-hybridized carbons (Fsp3) is 0.533. The molecule has 0 aliphatic heterocycles. The monoisotopic (exact) mass is 282 g/mol. The van der Waals surface area contributed by atoms with E-state index < -0.39 is 6.10 Å².